The predicted molar refractivity (Wildman–Crippen MR) is 92.9 cm³/mol. The Morgan fingerprint density at radius 2 is 1.30 bits per heavy atom. The van der Waals surface area contributed by atoms with Crippen molar-refractivity contribution in [1.29, 1.82) is 0 Å². The maximum absolute atomic E-state index is 5.76. The van der Waals surface area contributed by atoms with Gasteiger partial charge in [0.15, 0.2) is 0 Å². The molecule has 0 fully saturated rings. The minimum atomic E-state index is -3.06. The summed E-state index contributed by atoms with van der Waals surface area (Å²) in [4.78, 5) is 0. The Morgan fingerprint density at radius 3 is 1.65 bits per heavy atom. The first-order chi connectivity index (χ1) is 10.9. The van der Waals surface area contributed by atoms with Crippen LogP contribution in [0.5, 0.6) is 0 Å². The van der Waals surface area contributed by atoms with Gasteiger partial charge in [-0.3, -0.25) is 0 Å². The van der Waals surface area contributed by atoms with Crippen molar-refractivity contribution in [2.45, 2.75) is 19.4 Å². The second-order valence-corrected chi connectivity index (χ2v) is 11.2. The molecule has 1 atom stereocenters. The highest BCUT2D eigenvalue weighted by atomic mass is 28.4. The van der Waals surface area contributed by atoms with Gasteiger partial charge in [-0.2, -0.15) is 0 Å². The van der Waals surface area contributed by atoms with Crippen LogP contribution in [0.2, 0.25) is 5.54 Å². The number of hydrogen-bond acceptors (Lipinski definition) is 6. The Hall–Kier alpha value is -0.586. The highest BCUT2D eigenvalue weighted by Gasteiger charge is 2.59. The van der Waals surface area contributed by atoms with Crippen molar-refractivity contribution in [2.75, 3.05) is 42.7 Å². The predicted octanol–water partition coefficient (Wildman–Crippen LogP) is 2.48. The second kappa shape index (κ2) is 8.49. The van der Waals surface area contributed by atoms with Crippen LogP contribution in [-0.2, 0) is 26.6 Å². The van der Waals surface area contributed by atoms with Crippen molar-refractivity contribution in [2.24, 2.45) is 0 Å². The van der Waals surface area contributed by atoms with E-state index in [9.17, 15) is 0 Å². The second-order valence-electron chi connectivity index (χ2n) is 5.25. The Labute approximate surface area is 141 Å². The molecular weight excluding hydrogens is 332 g/mol. The van der Waals surface area contributed by atoms with Crippen LogP contribution in [0.3, 0.4) is 0 Å². The molecule has 1 unspecified atom stereocenters. The lowest BCUT2D eigenvalue weighted by Gasteiger charge is -2.40. The smallest absolute Gasteiger partial charge is 0.376 e. The summed E-state index contributed by atoms with van der Waals surface area (Å²) < 4.78 is 34.3. The standard InChI is InChI=1S/C15H28O6Si2/c1-12(2)13-10-9-11-14(22(16-3,17-4)18-5)15(13)23(19-6,20-7)21-8/h9-11,15H,1-8H3. The lowest BCUT2D eigenvalue weighted by atomic mass is 10.0. The summed E-state index contributed by atoms with van der Waals surface area (Å²) in [6, 6.07) is 0. The van der Waals surface area contributed by atoms with Crippen molar-refractivity contribution in [3.8, 4) is 0 Å². The highest BCUT2D eigenvalue weighted by Crippen LogP contribution is 2.46. The van der Waals surface area contributed by atoms with Crippen LogP contribution in [0.4, 0.5) is 0 Å². The topological polar surface area (TPSA) is 55.4 Å². The highest BCUT2D eigenvalue weighted by molar-refractivity contribution is 6.75. The first-order valence-corrected chi connectivity index (χ1v) is 10.8. The van der Waals surface area contributed by atoms with Gasteiger partial charge in [0.2, 0.25) is 0 Å². The van der Waals surface area contributed by atoms with E-state index < -0.39 is 17.6 Å². The van der Waals surface area contributed by atoms with Crippen LogP contribution < -0.4 is 0 Å². The largest absolute Gasteiger partial charge is 0.532 e. The SMILES string of the molecule is CO[Si](OC)(OC)C1=CC=CC(=C(C)C)C1[Si](OC)(OC)OC. The molecule has 0 saturated heterocycles. The van der Waals surface area contributed by atoms with Gasteiger partial charge in [0.25, 0.3) is 0 Å². The molecule has 8 heteroatoms. The van der Waals surface area contributed by atoms with E-state index in [1.165, 1.54) is 0 Å². The Kier molecular flexibility index (Phi) is 7.55. The fourth-order valence-electron chi connectivity index (χ4n) is 2.94. The van der Waals surface area contributed by atoms with E-state index in [4.69, 9.17) is 26.6 Å². The molecule has 132 valence electrons. The van der Waals surface area contributed by atoms with Gasteiger partial charge in [0.05, 0.1) is 5.54 Å². The Morgan fingerprint density at radius 1 is 0.826 bits per heavy atom. The van der Waals surface area contributed by atoms with E-state index >= 15 is 0 Å². The van der Waals surface area contributed by atoms with Crippen LogP contribution in [0, 0.1) is 0 Å². The van der Waals surface area contributed by atoms with Crippen LogP contribution >= 0.6 is 0 Å². The maximum atomic E-state index is 5.76. The normalized spacial score (nSPS) is 19.0. The molecule has 0 aromatic rings. The summed E-state index contributed by atoms with van der Waals surface area (Å²) in [6.07, 6.45) is 5.97. The average Bonchev–Trinajstić information content (AvgIpc) is 2.59. The molecule has 1 aliphatic rings. The molecule has 0 heterocycles. The zero-order valence-electron chi connectivity index (χ0n) is 15.3. The van der Waals surface area contributed by atoms with Gasteiger partial charge in [0, 0.05) is 47.9 Å². The van der Waals surface area contributed by atoms with E-state index in [2.05, 4.69) is 0 Å². The Balaban J connectivity index is 3.62. The zero-order valence-corrected chi connectivity index (χ0v) is 17.3. The van der Waals surface area contributed by atoms with Gasteiger partial charge in [-0.15, -0.1) is 0 Å². The van der Waals surface area contributed by atoms with Crippen LogP contribution in [0.1, 0.15) is 13.8 Å². The van der Waals surface area contributed by atoms with Crippen molar-refractivity contribution < 1.29 is 26.6 Å². The monoisotopic (exact) mass is 360 g/mol. The third-order valence-electron chi connectivity index (χ3n) is 4.12. The molecule has 1 aliphatic carbocycles. The lowest BCUT2D eigenvalue weighted by Crippen LogP contribution is -2.56. The Bertz CT molecular complexity index is 472. The van der Waals surface area contributed by atoms with E-state index in [0.29, 0.717) is 0 Å². The van der Waals surface area contributed by atoms with Crippen molar-refractivity contribution >= 4 is 17.6 Å². The third kappa shape index (κ3) is 3.59. The minimum Gasteiger partial charge on any atom is -0.376 e. The molecule has 6 nitrogen and oxygen atoms in total. The molecular formula is C15H28O6Si2. The summed E-state index contributed by atoms with van der Waals surface area (Å²) in [7, 11) is 3.48. The molecule has 0 amide bonds. The summed E-state index contributed by atoms with van der Waals surface area (Å²) in [5, 5.41) is 0.876. The zero-order chi connectivity index (χ0) is 17.7. The van der Waals surface area contributed by atoms with Gasteiger partial charge < -0.3 is 26.6 Å². The molecule has 0 spiro atoms. The quantitative estimate of drug-likeness (QED) is 0.620. The summed E-state index contributed by atoms with van der Waals surface area (Å²) in [5.74, 6) is 0. The molecule has 0 aromatic heterocycles. The van der Waals surface area contributed by atoms with Gasteiger partial charge in [-0.05, 0) is 19.4 Å². The lowest BCUT2D eigenvalue weighted by molar-refractivity contribution is 0.110. The fraction of sp³-hybridized carbons (Fsp3) is 0.600. The first-order valence-electron chi connectivity index (χ1n) is 7.28. The van der Waals surface area contributed by atoms with Crippen LogP contribution in [0.15, 0.2) is 34.6 Å². The fourth-order valence-corrected chi connectivity index (χ4v) is 8.46. The number of allylic oxidation sites excluding steroid dienone is 6. The molecule has 0 bridgehead atoms. The first kappa shape index (κ1) is 20.5. The molecule has 0 aromatic carbocycles. The molecule has 0 radical (unpaired) electrons. The van der Waals surface area contributed by atoms with Crippen LogP contribution in [0.25, 0.3) is 0 Å². The number of hydrogen-bond donors (Lipinski definition) is 0. The van der Waals surface area contributed by atoms with Gasteiger partial charge in [-0.25, -0.2) is 0 Å². The minimum absolute atomic E-state index is 0.246. The third-order valence-corrected chi connectivity index (χ3v) is 10.2. The number of rotatable bonds is 8. The van der Waals surface area contributed by atoms with Crippen molar-refractivity contribution in [1.82, 2.24) is 0 Å². The summed E-state index contributed by atoms with van der Waals surface area (Å²) >= 11 is 0. The molecule has 23 heavy (non-hydrogen) atoms. The molecule has 1 rings (SSSR count). The van der Waals surface area contributed by atoms with E-state index in [1.807, 2.05) is 32.1 Å². The van der Waals surface area contributed by atoms with E-state index in [-0.39, 0.29) is 5.54 Å². The molecule has 0 aliphatic heterocycles. The maximum Gasteiger partial charge on any atom is 0.532 e. The van der Waals surface area contributed by atoms with Crippen molar-refractivity contribution in [3.63, 3.8) is 0 Å². The van der Waals surface area contributed by atoms with Gasteiger partial charge >= 0.3 is 17.6 Å². The average molecular weight is 361 g/mol. The summed E-state index contributed by atoms with van der Waals surface area (Å²) in [5.41, 5.74) is 1.97. The summed E-state index contributed by atoms with van der Waals surface area (Å²) in [6.45, 7) is 4.09. The van der Waals surface area contributed by atoms with Gasteiger partial charge in [0.1, 0.15) is 0 Å². The van der Waals surface area contributed by atoms with E-state index in [0.717, 1.165) is 16.3 Å². The molecule has 0 N–H and O–H groups in total. The van der Waals surface area contributed by atoms with Crippen molar-refractivity contribution in [3.05, 3.63) is 34.6 Å². The van der Waals surface area contributed by atoms with Crippen LogP contribution in [-0.4, -0.2) is 60.3 Å². The molecule has 0 saturated carbocycles. The van der Waals surface area contributed by atoms with Gasteiger partial charge in [-0.1, -0.05) is 23.8 Å². The van der Waals surface area contributed by atoms with E-state index in [1.54, 1.807) is 42.7 Å².